The van der Waals surface area contributed by atoms with Gasteiger partial charge in [0, 0.05) is 36.3 Å². The minimum absolute atomic E-state index is 0.114. The van der Waals surface area contributed by atoms with Crippen molar-refractivity contribution in [1.82, 2.24) is 10.2 Å². The summed E-state index contributed by atoms with van der Waals surface area (Å²) in [7, 11) is 0. The topological polar surface area (TPSA) is 92.0 Å². The van der Waals surface area contributed by atoms with Crippen LogP contribution in [-0.2, 0) is 4.79 Å². The van der Waals surface area contributed by atoms with Crippen LogP contribution in [-0.4, -0.2) is 59.6 Å². The zero-order valence-corrected chi connectivity index (χ0v) is 21.6. The first-order valence-corrected chi connectivity index (χ1v) is 13.2. The molecule has 6 rings (SSSR count). The van der Waals surface area contributed by atoms with E-state index in [9.17, 15) is 15.2 Å². The van der Waals surface area contributed by atoms with Gasteiger partial charge < -0.3 is 10.0 Å². The Morgan fingerprint density at radius 2 is 1.76 bits per heavy atom. The zero-order chi connectivity index (χ0) is 24.1. The van der Waals surface area contributed by atoms with E-state index in [1.807, 2.05) is 0 Å². The van der Waals surface area contributed by atoms with Crippen LogP contribution in [0.1, 0.15) is 46.0 Å². The van der Waals surface area contributed by atoms with Gasteiger partial charge in [0.15, 0.2) is 6.19 Å². The molecule has 34 heavy (non-hydrogen) atoms. The number of carbonyl (C=O) groups is 1. The lowest BCUT2D eigenvalue weighted by Crippen LogP contribution is -2.61. The predicted octanol–water partition coefficient (Wildman–Crippen LogP) is 4.10. The molecular weight excluding hydrogens is 494 g/mol. The third-order valence-electron chi connectivity index (χ3n) is 8.97. The van der Waals surface area contributed by atoms with Crippen molar-refractivity contribution in [3.8, 4) is 6.19 Å². The minimum Gasteiger partial charge on any atom is -0.481 e. The number of nitrogens with zero attached hydrogens (tertiary/aromatic N) is 4. The van der Waals surface area contributed by atoms with Gasteiger partial charge >= 0.3 is 5.97 Å². The van der Waals surface area contributed by atoms with Crippen LogP contribution >= 0.6 is 15.9 Å². The summed E-state index contributed by atoms with van der Waals surface area (Å²) in [6, 6.07) is 8.55. The van der Waals surface area contributed by atoms with Crippen molar-refractivity contribution < 1.29 is 9.90 Å². The maximum Gasteiger partial charge on any atom is 0.309 e. The third kappa shape index (κ3) is 4.11. The van der Waals surface area contributed by atoms with Crippen LogP contribution in [0.3, 0.4) is 0 Å². The van der Waals surface area contributed by atoms with Crippen molar-refractivity contribution in [2.75, 3.05) is 31.1 Å². The van der Waals surface area contributed by atoms with Crippen LogP contribution in [0.4, 0.5) is 5.69 Å². The smallest absolute Gasteiger partial charge is 0.309 e. The Balaban J connectivity index is 1.32. The van der Waals surface area contributed by atoms with Gasteiger partial charge in [-0.05, 0) is 88.0 Å². The van der Waals surface area contributed by atoms with Gasteiger partial charge in [0.1, 0.15) is 5.84 Å². The molecule has 1 aliphatic heterocycles. The highest BCUT2D eigenvalue weighted by Gasteiger charge is 2.59. The summed E-state index contributed by atoms with van der Waals surface area (Å²) in [5.41, 5.74) is 0.288. The first kappa shape index (κ1) is 23.6. The summed E-state index contributed by atoms with van der Waals surface area (Å²) in [6.45, 7) is 7.92. The fraction of sp³-hybridized carbons (Fsp3) is 0.654. The number of anilines is 1. The van der Waals surface area contributed by atoms with Gasteiger partial charge in [0.25, 0.3) is 0 Å². The Hall–Kier alpha value is -2.11. The average Bonchev–Trinajstić information content (AvgIpc) is 2.81. The first-order valence-electron chi connectivity index (χ1n) is 12.4. The summed E-state index contributed by atoms with van der Waals surface area (Å²) in [5, 5.41) is 22.4. The van der Waals surface area contributed by atoms with Gasteiger partial charge in [-0.3, -0.25) is 20.0 Å². The van der Waals surface area contributed by atoms with Gasteiger partial charge in [-0.25, -0.2) is 0 Å². The lowest BCUT2D eigenvalue weighted by Gasteiger charge is -2.57. The van der Waals surface area contributed by atoms with E-state index in [2.05, 4.69) is 75.4 Å². The molecule has 2 unspecified atom stereocenters. The zero-order valence-electron chi connectivity index (χ0n) is 20.0. The van der Waals surface area contributed by atoms with Crippen LogP contribution in [0.5, 0.6) is 0 Å². The van der Waals surface area contributed by atoms with E-state index in [0.29, 0.717) is 17.8 Å². The highest BCUT2D eigenvalue weighted by atomic mass is 79.9. The molecule has 5 aliphatic rings. The number of aliphatic carboxylic acids is 1. The molecule has 7 nitrogen and oxygen atoms in total. The van der Waals surface area contributed by atoms with Crippen molar-refractivity contribution in [2.45, 2.75) is 57.5 Å². The highest BCUT2D eigenvalue weighted by Crippen LogP contribution is 2.61. The van der Waals surface area contributed by atoms with Crippen molar-refractivity contribution in [2.24, 2.45) is 28.2 Å². The Labute approximate surface area is 210 Å². The molecule has 2 N–H and O–H groups in total. The molecule has 4 saturated carbocycles. The van der Waals surface area contributed by atoms with E-state index in [1.165, 1.54) is 5.69 Å². The molecule has 1 saturated heterocycles. The molecule has 1 aromatic rings. The normalized spacial score (nSPS) is 33.6. The quantitative estimate of drug-likeness (QED) is 0.259. The Bertz CT molecular complexity index is 993. The van der Waals surface area contributed by atoms with Crippen molar-refractivity contribution in [3.63, 3.8) is 0 Å². The number of nitriles is 1. The summed E-state index contributed by atoms with van der Waals surface area (Å²) in [5.74, 6) is 1.25. The third-order valence-corrected chi connectivity index (χ3v) is 9.50. The second kappa shape index (κ2) is 8.83. The standard InChI is InChI=1S/C26H34BrN5O2/c1-25(2,32-9-7-31(8-10-32)21-5-3-20(27)4-6-21)23(29-16-28)30-22-18-11-17-12-19(22)15-26(13-17,14-18)24(33)34/h3-6,17-19,22H,7-15H2,1-2H3,(H,29,30)(H,33,34). The van der Waals surface area contributed by atoms with E-state index in [0.717, 1.165) is 68.6 Å². The number of amidine groups is 1. The molecule has 4 bridgehead atoms. The number of carboxylic acid groups (broad SMARTS) is 1. The molecule has 0 amide bonds. The first-order chi connectivity index (χ1) is 16.2. The van der Waals surface area contributed by atoms with Crippen molar-refractivity contribution in [3.05, 3.63) is 28.7 Å². The number of halogens is 1. The maximum atomic E-state index is 12.1. The second-order valence-electron chi connectivity index (χ2n) is 11.3. The average molecular weight is 528 g/mol. The van der Waals surface area contributed by atoms with E-state index in [1.54, 1.807) is 0 Å². The minimum atomic E-state index is -0.617. The van der Waals surface area contributed by atoms with Crippen molar-refractivity contribution >= 4 is 33.4 Å². The molecule has 2 atom stereocenters. The Kier molecular flexibility index (Phi) is 6.14. The number of nitrogens with one attached hydrogen (secondary N) is 1. The molecule has 182 valence electrons. The Morgan fingerprint density at radius 1 is 1.15 bits per heavy atom. The lowest BCUT2D eigenvalue weighted by molar-refractivity contribution is -0.166. The molecule has 4 aliphatic carbocycles. The fourth-order valence-electron chi connectivity index (χ4n) is 7.34. The molecule has 1 aromatic carbocycles. The number of benzene rings is 1. The molecule has 0 radical (unpaired) electrons. The van der Waals surface area contributed by atoms with E-state index in [4.69, 9.17) is 4.99 Å². The number of carboxylic acids is 1. The summed E-state index contributed by atoms with van der Waals surface area (Å²) in [6.07, 6.45) is 6.59. The van der Waals surface area contributed by atoms with Crippen LogP contribution in [0.25, 0.3) is 0 Å². The van der Waals surface area contributed by atoms with Gasteiger partial charge in [0.05, 0.1) is 17.0 Å². The van der Waals surface area contributed by atoms with Crippen LogP contribution < -0.4 is 10.2 Å². The van der Waals surface area contributed by atoms with Gasteiger partial charge in [-0.2, -0.15) is 5.26 Å². The number of rotatable bonds is 5. The second-order valence-corrected chi connectivity index (χ2v) is 12.2. The molecule has 1 heterocycles. The van der Waals surface area contributed by atoms with Gasteiger partial charge in [-0.1, -0.05) is 15.9 Å². The number of hydrogen-bond donors (Lipinski definition) is 2. The number of aliphatic imine (C=N–C) groups is 1. The van der Waals surface area contributed by atoms with Gasteiger partial charge in [0.2, 0.25) is 0 Å². The maximum absolute atomic E-state index is 12.1. The molecule has 0 aromatic heterocycles. The summed E-state index contributed by atoms with van der Waals surface area (Å²) in [4.78, 5) is 22.1. The van der Waals surface area contributed by atoms with Gasteiger partial charge in [-0.15, -0.1) is 0 Å². The SMILES string of the molecule is CC(C)(C(=NC1C2CC3CC1CC(C(=O)O)(C3)C2)NC#N)N1CCN(c2ccc(Br)cc2)CC1. The van der Waals surface area contributed by atoms with Crippen LogP contribution in [0.2, 0.25) is 0 Å². The lowest BCUT2D eigenvalue weighted by atomic mass is 9.48. The Morgan fingerprint density at radius 3 is 2.32 bits per heavy atom. The molecular formula is C26H34BrN5O2. The monoisotopic (exact) mass is 527 g/mol. The van der Waals surface area contributed by atoms with Crippen molar-refractivity contribution in [1.29, 1.82) is 5.26 Å². The predicted molar refractivity (Wildman–Crippen MR) is 136 cm³/mol. The molecule has 8 heteroatoms. The fourth-order valence-corrected chi connectivity index (χ4v) is 7.61. The summed E-state index contributed by atoms with van der Waals surface area (Å²) >= 11 is 3.51. The van der Waals surface area contributed by atoms with E-state index in [-0.39, 0.29) is 6.04 Å². The van der Waals surface area contributed by atoms with E-state index >= 15 is 0 Å². The largest absolute Gasteiger partial charge is 0.481 e. The number of piperazine rings is 1. The van der Waals surface area contributed by atoms with E-state index < -0.39 is 16.9 Å². The van der Waals surface area contributed by atoms with Crippen LogP contribution in [0.15, 0.2) is 33.7 Å². The highest BCUT2D eigenvalue weighted by molar-refractivity contribution is 9.10. The summed E-state index contributed by atoms with van der Waals surface area (Å²) < 4.78 is 1.08. The molecule has 0 spiro atoms. The number of hydrogen-bond acceptors (Lipinski definition) is 5. The van der Waals surface area contributed by atoms with Crippen LogP contribution in [0, 0.1) is 34.6 Å². The molecule has 5 fully saturated rings.